The maximum Gasteiger partial charge on any atom is 0.243 e. The Labute approximate surface area is 93.0 Å². The highest BCUT2D eigenvalue weighted by molar-refractivity contribution is 7.89. The molecule has 88 valence electrons. The molecule has 1 amide bonds. The van der Waals surface area contributed by atoms with E-state index >= 15 is 0 Å². The van der Waals surface area contributed by atoms with Crippen molar-refractivity contribution in [2.45, 2.75) is 11.3 Å². The van der Waals surface area contributed by atoms with Gasteiger partial charge in [0, 0.05) is 19.7 Å². The van der Waals surface area contributed by atoms with Gasteiger partial charge in [0.2, 0.25) is 15.9 Å². The third kappa shape index (κ3) is 2.91. The monoisotopic (exact) mass is 244 g/mol. The number of nitrogens with zero attached hydrogens (tertiary/aromatic N) is 2. The van der Waals surface area contributed by atoms with E-state index in [2.05, 4.69) is 17.0 Å². The van der Waals surface area contributed by atoms with Crippen molar-refractivity contribution in [2.24, 2.45) is 12.2 Å². The molecule has 0 bridgehead atoms. The van der Waals surface area contributed by atoms with E-state index in [0.29, 0.717) is 0 Å². The first-order valence-electron chi connectivity index (χ1n) is 4.32. The Hall–Kier alpha value is -1.67. The van der Waals surface area contributed by atoms with Crippen LogP contribution in [0.5, 0.6) is 0 Å². The van der Waals surface area contributed by atoms with Crippen LogP contribution in [0.3, 0.4) is 0 Å². The predicted octanol–water partition coefficient (Wildman–Crippen LogP) is -0.418. The van der Waals surface area contributed by atoms with Gasteiger partial charge in [-0.15, -0.1) is 6.58 Å². The predicted molar refractivity (Wildman–Crippen MR) is 58.0 cm³/mol. The summed E-state index contributed by atoms with van der Waals surface area (Å²) in [6.45, 7) is 3.39. The lowest BCUT2D eigenvalue weighted by Gasteiger charge is -2.01. The fourth-order valence-electron chi connectivity index (χ4n) is 1.08. The molecular formula is C8H12N4O3S. The van der Waals surface area contributed by atoms with E-state index in [1.54, 1.807) is 0 Å². The highest BCUT2D eigenvalue weighted by Gasteiger charge is 2.19. The van der Waals surface area contributed by atoms with Crippen LogP contribution >= 0.6 is 0 Å². The lowest BCUT2D eigenvalue weighted by molar-refractivity contribution is -0.115. The molecule has 7 nitrogen and oxygen atoms in total. The van der Waals surface area contributed by atoms with Crippen LogP contribution in [-0.4, -0.2) is 24.1 Å². The van der Waals surface area contributed by atoms with E-state index < -0.39 is 15.9 Å². The van der Waals surface area contributed by atoms with Crippen molar-refractivity contribution >= 4 is 21.7 Å². The number of anilines is 1. The standard InChI is InChI=1S/C8H12N4O3S/c1-3-4-7(13)10-8-6(16(9,14)15)5-12(2)11-8/h3,5H,1,4H2,2H3,(H2,9,14,15)(H,10,11,13). The van der Waals surface area contributed by atoms with Crippen LogP contribution in [0.2, 0.25) is 0 Å². The quantitative estimate of drug-likeness (QED) is 0.701. The summed E-state index contributed by atoms with van der Waals surface area (Å²) in [5.41, 5.74) is 0. The summed E-state index contributed by atoms with van der Waals surface area (Å²) in [6.07, 6.45) is 2.69. The number of aromatic nitrogens is 2. The van der Waals surface area contributed by atoms with E-state index in [4.69, 9.17) is 5.14 Å². The molecule has 0 fully saturated rings. The molecule has 16 heavy (non-hydrogen) atoms. The van der Waals surface area contributed by atoms with Gasteiger partial charge in [-0.05, 0) is 0 Å². The van der Waals surface area contributed by atoms with Crippen LogP contribution in [0, 0.1) is 0 Å². The first kappa shape index (κ1) is 12.4. The molecule has 1 aromatic heterocycles. The number of hydrogen-bond donors (Lipinski definition) is 2. The second kappa shape index (κ2) is 4.45. The van der Waals surface area contributed by atoms with E-state index in [1.807, 2.05) is 0 Å². The molecule has 0 saturated heterocycles. The Bertz CT molecular complexity index is 517. The molecule has 0 spiro atoms. The number of aryl methyl sites for hydroxylation is 1. The number of nitrogens with one attached hydrogen (secondary N) is 1. The third-order valence-corrected chi connectivity index (χ3v) is 2.60. The molecule has 0 unspecified atom stereocenters. The summed E-state index contributed by atoms with van der Waals surface area (Å²) in [5, 5.41) is 11.1. The SMILES string of the molecule is C=CCC(=O)Nc1nn(C)cc1S(N)(=O)=O. The van der Waals surface area contributed by atoms with Crippen LogP contribution in [-0.2, 0) is 21.9 Å². The second-order valence-corrected chi connectivity index (χ2v) is 4.63. The van der Waals surface area contributed by atoms with Gasteiger partial charge in [0.05, 0.1) is 0 Å². The van der Waals surface area contributed by atoms with E-state index in [9.17, 15) is 13.2 Å². The summed E-state index contributed by atoms with van der Waals surface area (Å²) in [6, 6.07) is 0. The molecule has 0 aliphatic heterocycles. The van der Waals surface area contributed by atoms with Crippen molar-refractivity contribution < 1.29 is 13.2 Å². The van der Waals surface area contributed by atoms with Gasteiger partial charge in [-0.3, -0.25) is 9.48 Å². The average Bonchev–Trinajstić information content (AvgIpc) is 2.46. The summed E-state index contributed by atoms with van der Waals surface area (Å²) >= 11 is 0. The molecule has 8 heteroatoms. The zero-order chi connectivity index (χ0) is 12.3. The number of hydrogen-bond acceptors (Lipinski definition) is 4. The smallest absolute Gasteiger partial charge is 0.243 e. The topological polar surface area (TPSA) is 107 Å². The van der Waals surface area contributed by atoms with Crippen LogP contribution in [0.25, 0.3) is 0 Å². The minimum Gasteiger partial charge on any atom is -0.308 e. The maximum absolute atomic E-state index is 11.2. The van der Waals surface area contributed by atoms with Crippen molar-refractivity contribution in [2.75, 3.05) is 5.32 Å². The van der Waals surface area contributed by atoms with Crippen molar-refractivity contribution in [3.8, 4) is 0 Å². The Morgan fingerprint density at radius 1 is 1.75 bits per heavy atom. The minimum absolute atomic E-state index is 0.0701. The molecule has 0 aliphatic carbocycles. The molecule has 1 rings (SSSR count). The number of carbonyl (C=O) groups excluding carboxylic acids is 1. The number of amides is 1. The van der Waals surface area contributed by atoms with Gasteiger partial charge in [0.15, 0.2) is 5.82 Å². The fraction of sp³-hybridized carbons (Fsp3) is 0.250. The third-order valence-electron chi connectivity index (χ3n) is 1.69. The molecule has 0 aromatic carbocycles. The van der Waals surface area contributed by atoms with Gasteiger partial charge in [-0.1, -0.05) is 6.08 Å². The Kier molecular flexibility index (Phi) is 3.45. The van der Waals surface area contributed by atoms with Crippen LogP contribution < -0.4 is 10.5 Å². The second-order valence-electron chi connectivity index (χ2n) is 3.10. The van der Waals surface area contributed by atoms with Crippen LogP contribution in [0.15, 0.2) is 23.7 Å². The average molecular weight is 244 g/mol. The van der Waals surface area contributed by atoms with Gasteiger partial charge in [-0.25, -0.2) is 13.6 Å². The van der Waals surface area contributed by atoms with Crippen molar-refractivity contribution in [3.05, 3.63) is 18.9 Å². The lowest BCUT2D eigenvalue weighted by Crippen LogP contribution is -2.17. The summed E-state index contributed by atoms with van der Waals surface area (Å²) in [5.74, 6) is -0.476. The van der Waals surface area contributed by atoms with Gasteiger partial charge >= 0.3 is 0 Å². The number of primary sulfonamides is 1. The van der Waals surface area contributed by atoms with Gasteiger partial charge < -0.3 is 5.32 Å². The molecule has 0 atom stereocenters. The van der Waals surface area contributed by atoms with Crippen LogP contribution in [0.4, 0.5) is 5.82 Å². The van der Waals surface area contributed by atoms with Gasteiger partial charge in [0.1, 0.15) is 4.90 Å². The molecule has 3 N–H and O–H groups in total. The van der Waals surface area contributed by atoms with E-state index in [-0.39, 0.29) is 17.1 Å². The minimum atomic E-state index is -3.90. The lowest BCUT2D eigenvalue weighted by atomic mass is 10.4. The number of nitrogens with two attached hydrogens (primary N) is 1. The Balaban J connectivity index is 3.05. The normalized spacial score (nSPS) is 11.1. The highest BCUT2D eigenvalue weighted by atomic mass is 32.2. The molecule has 1 aromatic rings. The first-order chi connectivity index (χ1) is 7.34. The molecular weight excluding hydrogens is 232 g/mol. The van der Waals surface area contributed by atoms with Crippen molar-refractivity contribution in [1.29, 1.82) is 0 Å². The molecule has 0 aliphatic rings. The Morgan fingerprint density at radius 3 is 2.88 bits per heavy atom. The zero-order valence-corrected chi connectivity index (χ0v) is 9.49. The van der Waals surface area contributed by atoms with Gasteiger partial charge in [-0.2, -0.15) is 5.10 Å². The summed E-state index contributed by atoms with van der Waals surface area (Å²) in [7, 11) is -2.37. The number of sulfonamides is 1. The summed E-state index contributed by atoms with van der Waals surface area (Å²) in [4.78, 5) is 11.0. The molecule has 0 saturated carbocycles. The Morgan fingerprint density at radius 2 is 2.38 bits per heavy atom. The first-order valence-corrected chi connectivity index (χ1v) is 5.86. The maximum atomic E-state index is 11.2. The molecule has 1 heterocycles. The van der Waals surface area contributed by atoms with E-state index in [0.717, 1.165) is 0 Å². The molecule has 0 radical (unpaired) electrons. The largest absolute Gasteiger partial charge is 0.308 e. The van der Waals surface area contributed by atoms with Crippen LogP contribution in [0.1, 0.15) is 6.42 Å². The van der Waals surface area contributed by atoms with Gasteiger partial charge in [0.25, 0.3) is 0 Å². The summed E-state index contributed by atoms with van der Waals surface area (Å²) < 4.78 is 23.6. The zero-order valence-electron chi connectivity index (χ0n) is 8.67. The van der Waals surface area contributed by atoms with Crippen molar-refractivity contribution in [3.63, 3.8) is 0 Å². The highest BCUT2D eigenvalue weighted by Crippen LogP contribution is 2.17. The fourth-order valence-corrected chi connectivity index (χ4v) is 1.74. The van der Waals surface area contributed by atoms with Crippen molar-refractivity contribution in [1.82, 2.24) is 9.78 Å². The number of rotatable bonds is 4. The van der Waals surface area contributed by atoms with E-state index in [1.165, 1.54) is 24.0 Å². The number of carbonyl (C=O) groups is 1.